The number of aliphatic hydroxyl groups is 1. The Morgan fingerprint density at radius 1 is 1.33 bits per heavy atom. The molecule has 0 aromatic heterocycles. The monoisotopic (exact) mass is 258 g/mol. The van der Waals surface area contributed by atoms with Gasteiger partial charge < -0.3 is 10.2 Å². The van der Waals surface area contributed by atoms with Gasteiger partial charge in [0.25, 0.3) is 0 Å². The van der Waals surface area contributed by atoms with E-state index in [1.807, 2.05) is 0 Å². The van der Waals surface area contributed by atoms with E-state index in [1.54, 1.807) is 0 Å². The first-order valence-corrected chi connectivity index (χ1v) is 4.90. The van der Waals surface area contributed by atoms with Gasteiger partial charge in [0.15, 0.2) is 0 Å². The van der Waals surface area contributed by atoms with E-state index < -0.39 is 23.3 Å². The Bertz CT molecular complexity index is 510. The zero-order chi connectivity index (χ0) is 13.8. The second-order valence-electron chi connectivity index (χ2n) is 3.34. The molecular weight excluding hydrogens is 249 g/mol. The van der Waals surface area contributed by atoms with Crippen molar-refractivity contribution in [3.63, 3.8) is 0 Å². The first-order chi connectivity index (χ1) is 8.36. The van der Waals surface area contributed by atoms with Gasteiger partial charge in [-0.25, -0.2) is 4.79 Å². The number of aromatic carboxylic acids is 1. The van der Waals surface area contributed by atoms with Gasteiger partial charge >= 0.3 is 12.1 Å². The van der Waals surface area contributed by atoms with E-state index in [-0.39, 0.29) is 18.6 Å². The van der Waals surface area contributed by atoms with Gasteiger partial charge in [0.1, 0.15) is 0 Å². The summed E-state index contributed by atoms with van der Waals surface area (Å²) in [6.07, 6.45) is -4.61. The van der Waals surface area contributed by atoms with Crippen molar-refractivity contribution in [2.45, 2.75) is 12.6 Å². The highest BCUT2D eigenvalue weighted by Crippen LogP contribution is 2.32. The average Bonchev–Trinajstić information content (AvgIpc) is 2.28. The maximum Gasteiger partial charge on any atom is 0.417 e. The fraction of sp³-hybridized carbons (Fsp3) is 0.250. The van der Waals surface area contributed by atoms with E-state index >= 15 is 0 Å². The molecule has 1 rings (SSSR count). The Kier molecular flexibility index (Phi) is 4.34. The van der Waals surface area contributed by atoms with Crippen molar-refractivity contribution in [1.82, 2.24) is 0 Å². The number of carboxylic acid groups (broad SMARTS) is 1. The van der Waals surface area contributed by atoms with Crippen molar-refractivity contribution in [2.75, 3.05) is 6.61 Å². The smallest absolute Gasteiger partial charge is 0.417 e. The normalized spacial score (nSPS) is 10.7. The van der Waals surface area contributed by atoms with Crippen molar-refractivity contribution >= 4 is 5.97 Å². The molecular formula is C12H9F3O3. The average molecular weight is 258 g/mol. The summed E-state index contributed by atoms with van der Waals surface area (Å²) in [6, 6.07) is 2.75. The number of carbonyl (C=O) groups is 1. The summed E-state index contributed by atoms with van der Waals surface area (Å²) in [5, 5.41) is 17.1. The van der Waals surface area contributed by atoms with Crippen LogP contribution in [0.15, 0.2) is 18.2 Å². The SMILES string of the molecule is O=C(O)c1ccc(C#CCCO)cc1C(F)(F)F. The maximum absolute atomic E-state index is 12.6. The third-order valence-corrected chi connectivity index (χ3v) is 2.02. The van der Waals surface area contributed by atoms with Gasteiger partial charge in [-0.05, 0) is 18.2 Å². The van der Waals surface area contributed by atoms with E-state index in [4.69, 9.17) is 10.2 Å². The van der Waals surface area contributed by atoms with Crippen LogP contribution in [0.2, 0.25) is 0 Å². The van der Waals surface area contributed by atoms with Gasteiger partial charge in [-0.1, -0.05) is 11.8 Å². The molecule has 6 heteroatoms. The zero-order valence-electron chi connectivity index (χ0n) is 9.08. The third kappa shape index (κ3) is 3.50. The van der Waals surface area contributed by atoms with Gasteiger partial charge in [0.05, 0.1) is 17.7 Å². The molecule has 0 unspecified atom stereocenters. The number of carboxylic acids is 1. The van der Waals surface area contributed by atoms with Crippen LogP contribution < -0.4 is 0 Å². The molecule has 0 fully saturated rings. The highest BCUT2D eigenvalue weighted by atomic mass is 19.4. The molecule has 1 aromatic carbocycles. The number of hydrogen-bond acceptors (Lipinski definition) is 2. The van der Waals surface area contributed by atoms with Crippen molar-refractivity contribution < 1.29 is 28.2 Å². The Hall–Kier alpha value is -2.00. The first kappa shape index (κ1) is 14.1. The second-order valence-corrected chi connectivity index (χ2v) is 3.34. The predicted molar refractivity (Wildman–Crippen MR) is 57.0 cm³/mol. The van der Waals surface area contributed by atoms with Crippen LogP contribution in [0.25, 0.3) is 0 Å². The summed E-state index contributed by atoms with van der Waals surface area (Å²) in [5.74, 6) is 3.24. The minimum Gasteiger partial charge on any atom is -0.478 e. The van der Waals surface area contributed by atoms with Crippen LogP contribution >= 0.6 is 0 Å². The largest absolute Gasteiger partial charge is 0.478 e. The van der Waals surface area contributed by atoms with Crippen LogP contribution in [0.4, 0.5) is 13.2 Å². The van der Waals surface area contributed by atoms with Crippen LogP contribution in [0.1, 0.15) is 27.9 Å². The molecule has 96 valence electrons. The Balaban J connectivity index is 3.23. The van der Waals surface area contributed by atoms with Gasteiger partial charge in [-0.3, -0.25) is 0 Å². The topological polar surface area (TPSA) is 57.5 Å². The van der Waals surface area contributed by atoms with Gasteiger partial charge in [-0.2, -0.15) is 13.2 Å². The predicted octanol–water partition coefficient (Wildman–Crippen LogP) is 2.14. The van der Waals surface area contributed by atoms with Crippen molar-refractivity contribution in [3.8, 4) is 11.8 Å². The molecule has 0 amide bonds. The summed E-state index contributed by atoms with van der Waals surface area (Å²) >= 11 is 0. The maximum atomic E-state index is 12.6. The molecule has 0 aliphatic rings. The molecule has 0 radical (unpaired) electrons. The lowest BCUT2D eigenvalue weighted by Gasteiger charge is -2.10. The van der Waals surface area contributed by atoms with Crippen molar-refractivity contribution in [3.05, 3.63) is 34.9 Å². The van der Waals surface area contributed by atoms with E-state index in [1.165, 1.54) is 6.07 Å². The van der Waals surface area contributed by atoms with Gasteiger partial charge in [0.2, 0.25) is 0 Å². The molecule has 0 bridgehead atoms. The Labute approximate surface area is 101 Å². The summed E-state index contributed by atoms with van der Waals surface area (Å²) in [7, 11) is 0. The molecule has 0 saturated heterocycles. The minimum atomic E-state index is -4.75. The number of alkyl halides is 3. The Morgan fingerprint density at radius 2 is 2.00 bits per heavy atom. The van der Waals surface area contributed by atoms with E-state index in [2.05, 4.69) is 11.8 Å². The van der Waals surface area contributed by atoms with Crippen LogP contribution in [0, 0.1) is 11.8 Å². The molecule has 3 nitrogen and oxygen atoms in total. The number of benzene rings is 1. The lowest BCUT2D eigenvalue weighted by molar-refractivity contribution is -0.138. The van der Waals surface area contributed by atoms with Crippen molar-refractivity contribution in [1.29, 1.82) is 0 Å². The quantitative estimate of drug-likeness (QED) is 0.799. The minimum absolute atomic E-state index is 0.0563. The zero-order valence-corrected chi connectivity index (χ0v) is 9.08. The first-order valence-electron chi connectivity index (χ1n) is 4.90. The number of hydrogen-bond donors (Lipinski definition) is 2. The molecule has 0 atom stereocenters. The van der Waals surface area contributed by atoms with Gasteiger partial charge in [0, 0.05) is 12.0 Å². The van der Waals surface area contributed by atoms with E-state index in [0.717, 1.165) is 6.07 Å². The lowest BCUT2D eigenvalue weighted by atomic mass is 10.0. The molecule has 0 aliphatic carbocycles. The number of halogens is 3. The molecule has 0 saturated carbocycles. The summed E-state index contributed by atoms with van der Waals surface area (Å²) in [5.41, 5.74) is -1.98. The number of rotatable bonds is 2. The Morgan fingerprint density at radius 3 is 2.50 bits per heavy atom. The fourth-order valence-corrected chi connectivity index (χ4v) is 1.26. The lowest BCUT2D eigenvalue weighted by Crippen LogP contribution is -2.13. The summed E-state index contributed by atoms with van der Waals surface area (Å²) in [6.45, 7) is -0.188. The summed E-state index contributed by atoms with van der Waals surface area (Å²) < 4.78 is 37.9. The number of aliphatic hydroxyl groups excluding tert-OH is 1. The van der Waals surface area contributed by atoms with Crippen LogP contribution in [-0.2, 0) is 6.18 Å². The van der Waals surface area contributed by atoms with Crippen LogP contribution in [0.5, 0.6) is 0 Å². The molecule has 0 spiro atoms. The van der Waals surface area contributed by atoms with Gasteiger partial charge in [-0.15, -0.1) is 0 Å². The standard InChI is InChI=1S/C12H9F3O3/c13-12(14,15)10-7-8(3-1-2-6-16)4-5-9(10)11(17)18/h4-5,7,16H,2,6H2,(H,17,18). The highest BCUT2D eigenvalue weighted by Gasteiger charge is 2.35. The molecule has 2 N–H and O–H groups in total. The van der Waals surface area contributed by atoms with Crippen LogP contribution in [0.3, 0.4) is 0 Å². The van der Waals surface area contributed by atoms with E-state index in [9.17, 15) is 18.0 Å². The second kappa shape index (κ2) is 5.56. The van der Waals surface area contributed by atoms with Crippen LogP contribution in [-0.4, -0.2) is 22.8 Å². The third-order valence-electron chi connectivity index (χ3n) is 2.02. The highest BCUT2D eigenvalue weighted by molar-refractivity contribution is 5.89. The molecule has 0 heterocycles. The van der Waals surface area contributed by atoms with E-state index in [0.29, 0.717) is 6.07 Å². The molecule has 1 aromatic rings. The molecule has 18 heavy (non-hydrogen) atoms. The van der Waals surface area contributed by atoms with Crippen molar-refractivity contribution in [2.24, 2.45) is 0 Å². The molecule has 0 aliphatic heterocycles. The fourth-order valence-electron chi connectivity index (χ4n) is 1.26. The summed E-state index contributed by atoms with van der Waals surface area (Å²) in [4.78, 5) is 10.7.